The first-order valence-electron chi connectivity index (χ1n) is 12.4. The highest BCUT2D eigenvalue weighted by Crippen LogP contribution is 2.41. The largest absolute Gasteiger partial charge is 0.482 e. The van der Waals surface area contributed by atoms with Crippen molar-refractivity contribution in [3.63, 3.8) is 0 Å². The van der Waals surface area contributed by atoms with Crippen LogP contribution >= 0.6 is 0 Å². The first kappa shape index (κ1) is 25.2. The number of aryl methyl sites for hydroxylation is 1. The van der Waals surface area contributed by atoms with E-state index in [0.29, 0.717) is 34.8 Å². The van der Waals surface area contributed by atoms with Crippen LogP contribution in [0.5, 0.6) is 5.75 Å². The molecule has 1 aromatic carbocycles. The summed E-state index contributed by atoms with van der Waals surface area (Å²) in [7, 11) is -1.43. The summed E-state index contributed by atoms with van der Waals surface area (Å²) in [6.45, 7) is 8.28. The molecule has 0 unspecified atom stereocenters. The predicted octanol–water partition coefficient (Wildman–Crippen LogP) is 3.42. The summed E-state index contributed by atoms with van der Waals surface area (Å²) < 4.78 is 12.3. The molecule has 2 N–H and O–H groups in total. The van der Waals surface area contributed by atoms with Gasteiger partial charge in [0.2, 0.25) is 0 Å². The van der Waals surface area contributed by atoms with E-state index in [1.807, 2.05) is 6.07 Å². The van der Waals surface area contributed by atoms with Gasteiger partial charge in [0.05, 0.1) is 29.0 Å². The van der Waals surface area contributed by atoms with Gasteiger partial charge in [0.25, 0.3) is 5.56 Å². The van der Waals surface area contributed by atoms with Crippen molar-refractivity contribution in [2.45, 2.75) is 64.2 Å². The number of carbonyl (C=O) groups is 2. The number of cyclic esters (lactones) is 1. The lowest BCUT2D eigenvalue weighted by atomic mass is 9.86. The van der Waals surface area contributed by atoms with E-state index in [4.69, 9.17) is 19.6 Å². The highest BCUT2D eigenvalue weighted by Gasteiger charge is 2.45. The molecule has 5 rings (SSSR count). The third-order valence-corrected chi connectivity index (χ3v) is 9.01. The maximum Gasteiger partial charge on any atom is 0.343 e. The Labute approximate surface area is 214 Å². The molecule has 4 heterocycles. The van der Waals surface area contributed by atoms with E-state index in [2.05, 4.69) is 19.6 Å². The normalized spacial score (nSPS) is 18.2. The van der Waals surface area contributed by atoms with Gasteiger partial charge in [-0.15, -0.1) is 0 Å². The van der Waals surface area contributed by atoms with Crippen LogP contribution in [0.1, 0.15) is 35.6 Å². The molecule has 1 atom stereocenters. The molecule has 0 saturated heterocycles. The molecule has 0 bridgehead atoms. The van der Waals surface area contributed by atoms with Gasteiger partial charge in [0.15, 0.2) is 12.2 Å². The third-order valence-electron chi connectivity index (χ3n) is 7.26. The highest BCUT2D eigenvalue weighted by atomic mass is 28.3. The van der Waals surface area contributed by atoms with Crippen LogP contribution in [0.15, 0.2) is 29.1 Å². The topological polar surface area (TPSA) is 128 Å². The molecule has 10 heteroatoms. The number of benzene rings is 1. The van der Waals surface area contributed by atoms with Gasteiger partial charge in [0, 0.05) is 24.6 Å². The predicted molar refractivity (Wildman–Crippen MR) is 140 cm³/mol. The Morgan fingerprint density at radius 3 is 2.65 bits per heavy atom. The van der Waals surface area contributed by atoms with Crippen LogP contribution in [0.3, 0.4) is 0 Å². The standard InChI is InChI=1S/C27H30N2O7Si/c1-5-27(34)20-11-22-24-18(12-29(22)25(32)19(20)13-36-26(27)33)16(8-9-37(2,3)4)17-10-15(35-14-23(30)31)6-7-21(17)28-24/h6-7,10-11,34H,5,8-9,12-14H2,1-4H3,(H,30,31)/t27-/m0/s1. The summed E-state index contributed by atoms with van der Waals surface area (Å²) in [6.07, 6.45) is 0.864. The van der Waals surface area contributed by atoms with Gasteiger partial charge in [-0.25, -0.2) is 14.6 Å². The number of ether oxygens (including phenoxy) is 2. The number of esters is 1. The number of aromatic nitrogens is 2. The maximum atomic E-state index is 13.6. The summed E-state index contributed by atoms with van der Waals surface area (Å²) in [5.41, 5.74) is 2.33. The SMILES string of the molecule is CC[C@@]1(O)C(=O)OCc2c1cc1n(c2=O)Cc2c-1nc1ccc(OCC(=O)O)cc1c2CC[Si](C)(C)C. The Morgan fingerprint density at radius 1 is 1.22 bits per heavy atom. The van der Waals surface area contributed by atoms with Gasteiger partial charge < -0.3 is 24.3 Å². The zero-order valence-electron chi connectivity index (χ0n) is 21.4. The number of fused-ring (bicyclic) bond motifs is 5. The van der Waals surface area contributed by atoms with E-state index in [1.165, 1.54) is 0 Å². The van der Waals surface area contributed by atoms with Crippen LogP contribution in [0.2, 0.25) is 25.7 Å². The van der Waals surface area contributed by atoms with Crippen LogP contribution in [-0.2, 0) is 39.5 Å². The Morgan fingerprint density at radius 2 is 1.97 bits per heavy atom. The fourth-order valence-electron chi connectivity index (χ4n) is 5.16. The minimum Gasteiger partial charge on any atom is -0.482 e. The zero-order chi connectivity index (χ0) is 26.7. The number of aliphatic carboxylic acids is 1. The summed E-state index contributed by atoms with van der Waals surface area (Å²) in [5.74, 6) is -1.36. The molecule has 194 valence electrons. The molecule has 2 aliphatic rings. The lowest BCUT2D eigenvalue weighted by Crippen LogP contribution is -2.44. The minimum atomic E-state index is -1.88. The van der Waals surface area contributed by atoms with Crippen LogP contribution in [0.25, 0.3) is 22.3 Å². The fraction of sp³-hybridized carbons (Fsp3) is 0.407. The van der Waals surface area contributed by atoms with Crippen LogP contribution < -0.4 is 10.3 Å². The summed E-state index contributed by atoms with van der Waals surface area (Å²) >= 11 is 0. The Kier molecular flexibility index (Phi) is 5.99. The molecule has 37 heavy (non-hydrogen) atoms. The number of pyridine rings is 2. The molecule has 0 spiro atoms. The fourth-order valence-corrected chi connectivity index (χ4v) is 6.16. The van der Waals surface area contributed by atoms with Gasteiger partial charge in [0.1, 0.15) is 12.4 Å². The summed E-state index contributed by atoms with van der Waals surface area (Å²) in [5, 5.41) is 21.0. The minimum absolute atomic E-state index is 0.0836. The van der Waals surface area contributed by atoms with Crippen molar-refractivity contribution in [2.24, 2.45) is 0 Å². The maximum absolute atomic E-state index is 13.6. The first-order chi connectivity index (χ1) is 17.4. The van der Waals surface area contributed by atoms with E-state index in [0.717, 1.165) is 29.0 Å². The molecule has 0 saturated carbocycles. The molecule has 3 aromatic rings. The number of carboxylic acid groups (broad SMARTS) is 1. The quantitative estimate of drug-likeness (QED) is 0.279. The van der Waals surface area contributed by atoms with Crippen molar-refractivity contribution in [3.05, 3.63) is 56.9 Å². The van der Waals surface area contributed by atoms with Crippen molar-refractivity contribution in [2.75, 3.05) is 6.61 Å². The second-order valence-electron chi connectivity index (χ2n) is 10.9. The van der Waals surface area contributed by atoms with Crippen LogP contribution in [0.4, 0.5) is 0 Å². The molecular formula is C27H30N2O7Si. The number of carbonyl (C=O) groups excluding carboxylic acids is 1. The third kappa shape index (κ3) is 4.23. The van der Waals surface area contributed by atoms with Crippen molar-refractivity contribution in [1.29, 1.82) is 0 Å². The number of rotatable bonds is 7. The number of hydrogen-bond donors (Lipinski definition) is 2. The van der Waals surface area contributed by atoms with Gasteiger partial charge in [-0.05, 0) is 42.7 Å². The van der Waals surface area contributed by atoms with Crippen LogP contribution in [-0.4, -0.2) is 46.4 Å². The Balaban J connectivity index is 1.72. The van der Waals surface area contributed by atoms with Gasteiger partial charge in [-0.1, -0.05) is 32.6 Å². The average Bonchev–Trinajstić information content (AvgIpc) is 3.21. The van der Waals surface area contributed by atoms with Gasteiger partial charge in [-0.2, -0.15) is 0 Å². The van der Waals surface area contributed by atoms with Crippen molar-refractivity contribution >= 4 is 30.9 Å². The van der Waals surface area contributed by atoms with E-state index < -0.39 is 32.2 Å². The summed E-state index contributed by atoms with van der Waals surface area (Å²) in [6, 6.07) is 8.04. The Hall–Kier alpha value is -3.50. The number of aliphatic hydroxyl groups is 1. The van der Waals surface area contributed by atoms with Crippen molar-refractivity contribution in [3.8, 4) is 17.1 Å². The molecule has 0 fully saturated rings. The average molecular weight is 523 g/mol. The summed E-state index contributed by atoms with van der Waals surface area (Å²) in [4.78, 5) is 41.9. The first-order valence-corrected chi connectivity index (χ1v) is 16.1. The lowest BCUT2D eigenvalue weighted by molar-refractivity contribution is -0.172. The van der Waals surface area contributed by atoms with Crippen LogP contribution in [0, 0.1) is 0 Å². The van der Waals surface area contributed by atoms with Crippen molar-refractivity contribution in [1.82, 2.24) is 9.55 Å². The molecule has 9 nitrogen and oxygen atoms in total. The monoisotopic (exact) mass is 522 g/mol. The molecule has 0 aliphatic carbocycles. The molecule has 2 aromatic heterocycles. The van der Waals surface area contributed by atoms with Gasteiger partial charge in [-0.3, -0.25) is 4.79 Å². The number of nitrogens with zero attached hydrogens (tertiary/aromatic N) is 2. The van der Waals surface area contributed by atoms with E-state index in [1.54, 1.807) is 29.7 Å². The molecule has 2 aliphatic heterocycles. The smallest absolute Gasteiger partial charge is 0.343 e. The lowest BCUT2D eigenvalue weighted by Gasteiger charge is -2.31. The molecule has 0 amide bonds. The number of hydrogen-bond acceptors (Lipinski definition) is 7. The molecule has 0 radical (unpaired) electrons. The van der Waals surface area contributed by atoms with Crippen molar-refractivity contribution < 1.29 is 29.3 Å². The zero-order valence-corrected chi connectivity index (χ0v) is 22.4. The molecular weight excluding hydrogens is 492 g/mol. The van der Waals surface area contributed by atoms with E-state index in [-0.39, 0.29) is 24.2 Å². The van der Waals surface area contributed by atoms with E-state index >= 15 is 0 Å². The van der Waals surface area contributed by atoms with Gasteiger partial charge >= 0.3 is 11.9 Å². The second kappa shape index (κ2) is 8.81. The highest BCUT2D eigenvalue weighted by molar-refractivity contribution is 6.76. The van der Waals surface area contributed by atoms with E-state index in [9.17, 15) is 19.5 Å². The Bertz CT molecular complexity index is 1520. The second-order valence-corrected chi connectivity index (χ2v) is 16.6. The number of carboxylic acids is 1.